The molecule has 0 atom stereocenters. The predicted octanol–water partition coefficient (Wildman–Crippen LogP) is 14.1. The van der Waals surface area contributed by atoms with Crippen LogP contribution in [-0.2, 0) is 10.8 Å². The third-order valence-electron chi connectivity index (χ3n) is 11.3. The topological polar surface area (TPSA) is 63.8 Å². The second-order valence-electron chi connectivity index (χ2n) is 17.6. The van der Waals surface area contributed by atoms with Gasteiger partial charge in [-0.3, -0.25) is 9.55 Å². The molecule has 0 bridgehead atoms. The average molecular weight is 781 g/mol. The SMILES string of the molecule is CC(C)(C)c1cc(-c2nc3c(-c4cc(-c5ccccc5)cc(-c5cc(-c6ccc(-c7ccccc7)cc6)ccn5)c4)ccnc3n2-c2ccccc2)c(O)c(C(C)(C)C)c1. The van der Waals surface area contributed by atoms with Crippen molar-refractivity contribution in [2.24, 2.45) is 0 Å². The minimum atomic E-state index is -0.307. The molecule has 0 radical (unpaired) electrons. The molecule has 294 valence electrons. The van der Waals surface area contributed by atoms with Crippen LogP contribution in [-0.4, -0.2) is 24.6 Å². The molecule has 0 aliphatic heterocycles. The molecule has 0 spiro atoms. The summed E-state index contributed by atoms with van der Waals surface area (Å²) in [5, 5.41) is 12.2. The Morgan fingerprint density at radius 2 is 1.00 bits per heavy atom. The summed E-state index contributed by atoms with van der Waals surface area (Å²) in [6, 6.07) is 57.1. The molecule has 9 rings (SSSR count). The number of imidazole rings is 1. The number of benzene rings is 6. The van der Waals surface area contributed by atoms with Crippen LogP contribution in [0.3, 0.4) is 0 Å². The van der Waals surface area contributed by atoms with E-state index in [1.807, 2.05) is 48.8 Å². The maximum Gasteiger partial charge on any atom is 0.165 e. The Labute approximate surface area is 352 Å². The van der Waals surface area contributed by atoms with Crippen LogP contribution in [0.15, 0.2) is 176 Å². The monoisotopic (exact) mass is 780 g/mol. The summed E-state index contributed by atoms with van der Waals surface area (Å²) < 4.78 is 2.09. The molecule has 0 saturated heterocycles. The summed E-state index contributed by atoms with van der Waals surface area (Å²) in [4.78, 5) is 15.4. The van der Waals surface area contributed by atoms with Gasteiger partial charge in [-0.25, -0.2) is 9.97 Å². The molecule has 0 saturated carbocycles. The van der Waals surface area contributed by atoms with Crippen molar-refractivity contribution in [3.05, 3.63) is 187 Å². The molecule has 0 aliphatic rings. The first-order valence-electron chi connectivity index (χ1n) is 20.6. The Morgan fingerprint density at radius 1 is 0.450 bits per heavy atom. The van der Waals surface area contributed by atoms with E-state index in [-0.39, 0.29) is 16.6 Å². The molecule has 3 aromatic heterocycles. The van der Waals surface area contributed by atoms with Crippen molar-refractivity contribution in [2.75, 3.05) is 0 Å². The molecule has 3 heterocycles. The summed E-state index contributed by atoms with van der Waals surface area (Å²) in [5.41, 5.74) is 15.1. The lowest BCUT2D eigenvalue weighted by Crippen LogP contribution is -2.17. The Balaban J connectivity index is 1.24. The van der Waals surface area contributed by atoms with Crippen LogP contribution >= 0.6 is 0 Å². The van der Waals surface area contributed by atoms with Gasteiger partial charge in [-0.15, -0.1) is 0 Å². The number of hydrogen-bond donors (Lipinski definition) is 1. The molecule has 0 aliphatic carbocycles. The number of aromatic hydroxyl groups is 1. The highest BCUT2D eigenvalue weighted by molar-refractivity contribution is 5.96. The normalized spacial score (nSPS) is 11.9. The standard InChI is InChI=1S/C55H48N4O/c1-54(2,3)44-34-47(51(60)48(35-44)55(4,5)6)52-58-50-46(27-29-57-53(50)59(52)45-20-14-9-15-21-45)42-30-41(37-18-12-8-13-19-37)31-43(32-42)49-33-40(26-28-56-49)39-24-22-38(23-25-39)36-16-10-7-11-17-36/h7-35,60H,1-6H3. The fourth-order valence-corrected chi connectivity index (χ4v) is 8.00. The van der Waals surface area contributed by atoms with Crippen LogP contribution in [0.1, 0.15) is 52.7 Å². The lowest BCUT2D eigenvalue weighted by atomic mass is 9.79. The minimum Gasteiger partial charge on any atom is -0.507 e. The van der Waals surface area contributed by atoms with E-state index in [0.717, 1.165) is 67.0 Å². The van der Waals surface area contributed by atoms with Crippen molar-refractivity contribution in [1.29, 1.82) is 0 Å². The first-order chi connectivity index (χ1) is 28.9. The molecular formula is C55H48N4O. The van der Waals surface area contributed by atoms with Crippen molar-refractivity contribution in [3.63, 3.8) is 0 Å². The molecule has 0 fully saturated rings. The summed E-state index contributed by atoms with van der Waals surface area (Å²) in [5.74, 6) is 0.871. The number of nitrogens with zero attached hydrogens (tertiary/aromatic N) is 4. The van der Waals surface area contributed by atoms with Crippen molar-refractivity contribution >= 4 is 11.2 Å². The molecule has 0 amide bonds. The Kier molecular flexibility index (Phi) is 9.76. The number of para-hydroxylation sites is 1. The van der Waals surface area contributed by atoms with Gasteiger partial charge in [0.1, 0.15) is 11.3 Å². The smallest absolute Gasteiger partial charge is 0.165 e. The van der Waals surface area contributed by atoms with E-state index in [2.05, 4.69) is 174 Å². The van der Waals surface area contributed by atoms with Gasteiger partial charge in [0, 0.05) is 34.8 Å². The Bertz CT molecular complexity index is 2970. The molecule has 9 aromatic rings. The van der Waals surface area contributed by atoms with Gasteiger partial charge in [0.2, 0.25) is 0 Å². The summed E-state index contributed by atoms with van der Waals surface area (Å²) in [6.45, 7) is 13.0. The maximum absolute atomic E-state index is 12.2. The average Bonchev–Trinajstić information content (AvgIpc) is 3.66. The van der Waals surface area contributed by atoms with Crippen LogP contribution < -0.4 is 0 Å². The van der Waals surface area contributed by atoms with Gasteiger partial charge < -0.3 is 5.11 Å². The third kappa shape index (κ3) is 7.39. The first-order valence-corrected chi connectivity index (χ1v) is 20.6. The van der Waals surface area contributed by atoms with E-state index in [9.17, 15) is 5.11 Å². The highest BCUT2D eigenvalue weighted by Gasteiger charge is 2.29. The minimum absolute atomic E-state index is 0.166. The highest BCUT2D eigenvalue weighted by atomic mass is 16.3. The molecule has 5 nitrogen and oxygen atoms in total. The van der Waals surface area contributed by atoms with Gasteiger partial charge in [-0.05, 0) is 110 Å². The second-order valence-corrected chi connectivity index (χ2v) is 17.6. The summed E-state index contributed by atoms with van der Waals surface area (Å²) in [7, 11) is 0. The zero-order valence-corrected chi connectivity index (χ0v) is 35.0. The number of phenols is 1. The van der Waals surface area contributed by atoms with Gasteiger partial charge in [0.25, 0.3) is 0 Å². The van der Waals surface area contributed by atoms with E-state index in [1.165, 1.54) is 11.1 Å². The third-order valence-corrected chi connectivity index (χ3v) is 11.3. The fraction of sp³-hybridized carbons (Fsp3) is 0.145. The van der Waals surface area contributed by atoms with Crippen LogP contribution in [0.25, 0.3) is 84.0 Å². The van der Waals surface area contributed by atoms with E-state index in [4.69, 9.17) is 15.0 Å². The van der Waals surface area contributed by atoms with Crippen molar-refractivity contribution in [1.82, 2.24) is 19.5 Å². The largest absolute Gasteiger partial charge is 0.507 e. The van der Waals surface area contributed by atoms with Crippen molar-refractivity contribution < 1.29 is 5.11 Å². The second kappa shape index (κ2) is 15.2. The number of phenolic OH excluding ortho intramolecular Hbond substituents is 1. The lowest BCUT2D eigenvalue weighted by Gasteiger charge is -2.27. The highest BCUT2D eigenvalue weighted by Crippen LogP contribution is 2.44. The molecule has 60 heavy (non-hydrogen) atoms. The van der Waals surface area contributed by atoms with Gasteiger partial charge in [-0.2, -0.15) is 0 Å². The molecule has 1 N–H and O–H groups in total. The van der Waals surface area contributed by atoms with Crippen LogP contribution in [0.4, 0.5) is 0 Å². The maximum atomic E-state index is 12.2. The van der Waals surface area contributed by atoms with E-state index in [1.54, 1.807) is 0 Å². The quantitative estimate of drug-likeness (QED) is 0.175. The lowest BCUT2D eigenvalue weighted by molar-refractivity contribution is 0.446. The molecule has 5 heteroatoms. The molecular weight excluding hydrogens is 733 g/mol. The molecule has 6 aromatic carbocycles. The van der Waals surface area contributed by atoms with Crippen molar-refractivity contribution in [3.8, 4) is 78.6 Å². The first kappa shape index (κ1) is 38.4. The number of fused-ring (bicyclic) bond motifs is 1. The number of hydrogen-bond acceptors (Lipinski definition) is 4. The van der Waals surface area contributed by atoms with E-state index >= 15 is 0 Å². The van der Waals surface area contributed by atoms with Gasteiger partial charge in [-0.1, -0.05) is 151 Å². The van der Waals surface area contributed by atoms with E-state index < -0.39 is 0 Å². The number of pyridine rings is 2. The predicted molar refractivity (Wildman–Crippen MR) is 248 cm³/mol. The van der Waals surface area contributed by atoms with Crippen LogP contribution in [0.2, 0.25) is 0 Å². The van der Waals surface area contributed by atoms with Crippen LogP contribution in [0.5, 0.6) is 5.75 Å². The Hall–Kier alpha value is -7.11. The zero-order valence-electron chi connectivity index (χ0n) is 35.0. The zero-order chi connectivity index (χ0) is 41.6. The van der Waals surface area contributed by atoms with Gasteiger partial charge in [0.05, 0.1) is 11.3 Å². The molecule has 0 unspecified atom stereocenters. The van der Waals surface area contributed by atoms with Gasteiger partial charge >= 0.3 is 0 Å². The van der Waals surface area contributed by atoms with E-state index in [0.29, 0.717) is 17.0 Å². The van der Waals surface area contributed by atoms with Crippen LogP contribution in [0, 0.1) is 0 Å². The summed E-state index contributed by atoms with van der Waals surface area (Å²) >= 11 is 0. The fourth-order valence-electron chi connectivity index (χ4n) is 8.00. The van der Waals surface area contributed by atoms with Gasteiger partial charge in [0.15, 0.2) is 11.5 Å². The Morgan fingerprint density at radius 3 is 1.63 bits per heavy atom. The van der Waals surface area contributed by atoms with Crippen molar-refractivity contribution in [2.45, 2.75) is 52.4 Å². The number of aromatic nitrogens is 4. The number of rotatable bonds is 7. The summed E-state index contributed by atoms with van der Waals surface area (Å²) in [6.07, 6.45) is 3.76.